The standard InChI is InChI=1S/C20H25ClN2O4/c21-17-10-9-15(11-16(17)20(26)27)23-19(25)13-5-7-14(8-6-13)22-18(24)12-3-1-2-4-12/h9-14H,1-8H2,(H,22,24)(H,23,25)(H,26,27). The van der Waals surface area contributed by atoms with E-state index in [1.54, 1.807) is 6.07 Å². The second kappa shape index (κ2) is 8.74. The van der Waals surface area contributed by atoms with Crippen molar-refractivity contribution in [3.8, 4) is 0 Å². The predicted molar refractivity (Wildman–Crippen MR) is 103 cm³/mol. The second-order valence-electron chi connectivity index (χ2n) is 7.53. The smallest absolute Gasteiger partial charge is 0.337 e. The van der Waals surface area contributed by atoms with Crippen LogP contribution in [0.15, 0.2) is 18.2 Å². The summed E-state index contributed by atoms with van der Waals surface area (Å²) in [5, 5.41) is 15.2. The van der Waals surface area contributed by atoms with Crippen LogP contribution < -0.4 is 10.6 Å². The van der Waals surface area contributed by atoms with Gasteiger partial charge in [0.15, 0.2) is 0 Å². The van der Waals surface area contributed by atoms with E-state index in [2.05, 4.69) is 10.6 Å². The van der Waals surface area contributed by atoms with Crippen LogP contribution in [-0.2, 0) is 9.59 Å². The van der Waals surface area contributed by atoms with E-state index in [-0.39, 0.29) is 40.3 Å². The molecule has 6 nitrogen and oxygen atoms in total. The number of halogens is 1. The van der Waals surface area contributed by atoms with Gasteiger partial charge in [0.1, 0.15) is 0 Å². The highest BCUT2D eigenvalue weighted by atomic mass is 35.5. The molecule has 2 aliphatic rings. The number of carboxylic acid groups (broad SMARTS) is 1. The van der Waals surface area contributed by atoms with E-state index in [0.29, 0.717) is 18.5 Å². The molecule has 0 heterocycles. The Morgan fingerprint density at radius 1 is 0.926 bits per heavy atom. The van der Waals surface area contributed by atoms with Crippen LogP contribution in [0.2, 0.25) is 5.02 Å². The van der Waals surface area contributed by atoms with Crippen molar-refractivity contribution in [1.82, 2.24) is 5.32 Å². The summed E-state index contributed by atoms with van der Waals surface area (Å²) in [5.74, 6) is -1.04. The molecule has 0 radical (unpaired) electrons. The van der Waals surface area contributed by atoms with Gasteiger partial charge in [0.25, 0.3) is 0 Å². The fourth-order valence-corrected chi connectivity index (χ4v) is 4.22. The Hall–Kier alpha value is -2.08. The van der Waals surface area contributed by atoms with Crippen molar-refractivity contribution in [3.05, 3.63) is 28.8 Å². The van der Waals surface area contributed by atoms with E-state index in [9.17, 15) is 14.4 Å². The van der Waals surface area contributed by atoms with Gasteiger partial charge < -0.3 is 15.7 Å². The number of carbonyl (C=O) groups is 3. The molecule has 0 saturated heterocycles. The van der Waals surface area contributed by atoms with Gasteiger partial charge in [-0.05, 0) is 56.7 Å². The van der Waals surface area contributed by atoms with E-state index in [0.717, 1.165) is 38.5 Å². The molecule has 2 aliphatic carbocycles. The number of aromatic carboxylic acids is 1. The summed E-state index contributed by atoms with van der Waals surface area (Å²) < 4.78 is 0. The first kappa shape index (κ1) is 19.7. The topological polar surface area (TPSA) is 95.5 Å². The van der Waals surface area contributed by atoms with E-state index in [1.165, 1.54) is 12.1 Å². The maximum Gasteiger partial charge on any atom is 0.337 e. The molecule has 1 aromatic rings. The number of amides is 2. The number of hydrogen-bond donors (Lipinski definition) is 3. The third-order valence-corrected chi connectivity index (χ3v) is 5.96. The Bertz CT molecular complexity index is 723. The van der Waals surface area contributed by atoms with Crippen LogP contribution in [0.3, 0.4) is 0 Å². The number of nitrogens with one attached hydrogen (secondary N) is 2. The average Bonchev–Trinajstić information content (AvgIpc) is 3.18. The number of rotatable bonds is 5. The highest BCUT2D eigenvalue weighted by molar-refractivity contribution is 6.33. The fourth-order valence-electron chi connectivity index (χ4n) is 4.02. The molecule has 2 amide bonds. The Morgan fingerprint density at radius 3 is 2.19 bits per heavy atom. The van der Waals surface area contributed by atoms with Crippen molar-refractivity contribution in [3.63, 3.8) is 0 Å². The summed E-state index contributed by atoms with van der Waals surface area (Å²) in [5.41, 5.74) is 0.395. The zero-order valence-electron chi connectivity index (χ0n) is 15.2. The monoisotopic (exact) mass is 392 g/mol. The lowest BCUT2D eigenvalue weighted by molar-refractivity contribution is -0.125. The lowest BCUT2D eigenvalue weighted by atomic mass is 9.85. The van der Waals surface area contributed by atoms with Crippen molar-refractivity contribution in [2.24, 2.45) is 11.8 Å². The summed E-state index contributed by atoms with van der Waals surface area (Å²) in [7, 11) is 0. The third-order valence-electron chi connectivity index (χ3n) is 5.63. The Labute approximate surface area is 163 Å². The van der Waals surface area contributed by atoms with Crippen LogP contribution in [0.1, 0.15) is 61.7 Å². The molecule has 3 rings (SSSR count). The van der Waals surface area contributed by atoms with Crippen LogP contribution in [0.4, 0.5) is 5.69 Å². The molecule has 7 heteroatoms. The number of benzene rings is 1. The van der Waals surface area contributed by atoms with Gasteiger partial charge in [-0.15, -0.1) is 0 Å². The first-order chi connectivity index (χ1) is 12.9. The largest absolute Gasteiger partial charge is 0.478 e. The number of carbonyl (C=O) groups excluding carboxylic acids is 2. The molecule has 0 aliphatic heterocycles. The quantitative estimate of drug-likeness (QED) is 0.709. The van der Waals surface area contributed by atoms with E-state index >= 15 is 0 Å². The SMILES string of the molecule is O=C(O)c1cc(NC(=O)C2CCC(NC(=O)C3CCCC3)CC2)ccc1Cl. The molecular formula is C20H25ClN2O4. The zero-order chi connectivity index (χ0) is 19.4. The van der Waals surface area contributed by atoms with Crippen molar-refractivity contribution >= 4 is 35.1 Å². The van der Waals surface area contributed by atoms with Crippen molar-refractivity contribution in [2.75, 3.05) is 5.32 Å². The molecular weight excluding hydrogens is 368 g/mol. The number of hydrogen-bond acceptors (Lipinski definition) is 3. The average molecular weight is 393 g/mol. The fraction of sp³-hybridized carbons (Fsp3) is 0.550. The molecule has 0 aromatic heterocycles. The lowest BCUT2D eigenvalue weighted by Gasteiger charge is -2.29. The van der Waals surface area contributed by atoms with Gasteiger partial charge in [-0.2, -0.15) is 0 Å². The van der Waals surface area contributed by atoms with Gasteiger partial charge >= 0.3 is 5.97 Å². The van der Waals surface area contributed by atoms with Crippen molar-refractivity contribution in [1.29, 1.82) is 0 Å². The molecule has 0 unspecified atom stereocenters. The predicted octanol–water partition coefficient (Wildman–Crippen LogP) is 3.84. The highest BCUT2D eigenvalue weighted by Gasteiger charge is 2.29. The Balaban J connectivity index is 1.49. The molecule has 0 spiro atoms. The molecule has 1 aromatic carbocycles. The summed E-state index contributed by atoms with van der Waals surface area (Å²) in [6.07, 6.45) is 7.25. The molecule has 0 atom stereocenters. The maximum atomic E-state index is 12.5. The highest BCUT2D eigenvalue weighted by Crippen LogP contribution is 2.29. The van der Waals surface area contributed by atoms with Crippen LogP contribution in [-0.4, -0.2) is 28.9 Å². The third kappa shape index (κ3) is 5.01. The van der Waals surface area contributed by atoms with Gasteiger partial charge in [-0.25, -0.2) is 4.79 Å². The zero-order valence-corrected chi connectivity index (χ0v) is 15.9. The van der Waals surface area contributed by atoms with Crippen molar-refractivity contribution in [2.45, 2.75) is 57.4 Å². The van der Waals surface area contributed by atoms with Crippen LogP contribution in [0, 0.1) is 11.8 Å². The van der Waals surface area contributed by atoms with Crippen LogP contribution in [0.25, 0.3) is 0 Å². The van der Waals surface area contributed by atoms with Gasteiger partial charge in [0, 0.05) is 23.6 Å². The number of carboxylic acids is 1. The molecule has 27 heavy (non-hydrogen) atoms. The normalized spacial score (nSPS) is 23.0. The van der Waals surface area contributed by atoms with Crippen molar-refractivity contribution < 1.29 is 19.5 Å². The summed E-state index contributed by atoms with van der Waals surface area (Å²) in [6, 6.07) is 4.59. The molecule has 2 fully saturated rings. The van der Waals surface area contributed by atoms with Gasteiger partial charge in [0.2, 0.25) is 11.8 Å². The summed E-state index contributed by atoms with van der Waals surface area (Å²) >= 11 is 5.85. The van der Waals surface area contributed by atoms with E-state index < -0.39 is 5.97 Å². The second-order valence-corrected chi connectivity index (χ2v) is 7.93. The molecule has 146 valence electrons. The van der Waals surface area contributed by atoms with Crippen LogP contribution >= 0.6 is 11.6 Å². The Kier molecular flexibility index (Phi) is 6.37. The summed E-state index contributed by atoms with van der Waals surface area (Å²) in [6.45, 7) is 0. The lowest BCUT2D eigenvalue weighted by Crippen LogP contribution is -2.41. The van der Waals surface area contributed by atoms with E-state index in [4.69, 9.17) is 16.7 Å². The minimum Gasteiger partial charge on any atom is -0.478 e. The van der Waals surface area contributed by atoms with E-state index in [1.807, 2.05) is 0 Å². The molecule has 2 saturated carbocycles. The van der Waals surface area contributed by atoms with Gasteiger partial charge in [0.05, 0.1) is 10.6 Å². The van der Waals surface area contributed by atoms with Gasteiger partial charge in [-0.1, -0.05) is 24.4 Å². The molecule has 0 bridgehead atoms. The molecule has 3 N–H and O–H groups in total. The minimum absolute atomic E-state index is 0.0344. The first-order valence-corrected chi connectivity index (χ1v) is 9.96. The minimum atomic E-state index is -1.13. The van der Waals surface area contributed by atoms with Gasteiger partial charge in [-0.3, -0.25) is 9.59 Å². The van der Waals surface area contributed by atoms with Crippen LogP contribution in [0.5, 0.6) is 0 Å². The maximum absolute atomic E-state index is 12.5. The summed E-state index contributed by atoms with van der Waals surface area (Å²) in [4.78, 5) is 35.9. The number of anilines is 1. The Morgan fingerprint density at radius 2 is 1.56 bits per heavy atom. The first-order valence-electron chi connectivity index (χ1n) is 9.58.